The highest BCUT2D eigenvalue weighted by Crippen LogP contribution is 2.25. The molecule has 0 amide bonds. The van der Waals surface area contributed by atoms with Crippen LogP contribution in [0.1, 0.15) is 24.5 Å². The molecule has 116 valence electrons. The monoisotopic (exact) mass is 301 g/mol. The van der Waals surface area contributed by atoms with E-state index in [0.717, 1.165) is 19.5 Å². The molecule has 0 radical (unpaired) electrons. The first-order chi connectivity index (χ1) is 11.4. The third-order valence-corrected chi connectivity index (χ3v) is 4.07. The Morgan fingerprint density at radius 3 is 2.30 bits per heavy atom. The lowest BCUT2D eigenvalue weighted by molar-refractivity contribution is 0.386. The maximum atomic E-state index is 2.45. The summed E-state index contributed by atoms with van der Waals surface area (Å²) in [5.74, 6) is 0. The van der Waals surface area contributed by atoms with Crippen molar-refractivity contribution in [2.75, 3.05) is 6.54 Å². The normalized spacial score (nSPS) is 14.7. The average Bonchev–Trinajstić information content (AvgIpc) is 2.62. The van der Waals surface area contributed by atoms with Crippen molar-refractivity contribution in [3.05, 3.63) is 102 Å². The third-order valence-electron chi connectivity index (χ3n) is 4.07. The molecule has 1 aliphatic rings. The van der Waals surface area contributed by atoms with Crippen molar-refractivity contribution in [1.29, 1.82) is 0 Å². The van der Waals surface area contributed by atoms with E-state index in [1.807, 2.05) is 0 Å². The van der Waals surface area contributed by atoms with Gasteiger partial charge >= 0.3 is 0 Å². The van der Waals surface area contributed by atoms with Crippen molar-refractivity contribution in [2.45, 2.75) is 19.9 Å². The molecule has 3 rings (SSSR count). The molecule has 0 unspecified atom stereocenters. The van der Waals surface area contributed by atoms with E-state index >= 15 is 0 Å². The smallest absolute Gasteiger partial charge is 0.0439 e. The fourth-order valence-electron chi connectivity index (χ4n) is 2.83. The fourth-order valence-corrected chi connectivity index (χ4v) is 2.83. The van der Waals surface area contributed by atoms with Crippen LogP contribution in [0.15, 0.2) is 90.7 Å². The predicted octanol–water partition coefficient (Wildman–Crippen LogP) is 5.44. The Bertz CT molecular complexity index is 708. The van der Waals surface area contributed by atoms with E-state index in [0.29, 0.717) is 0 Å². The van der Waals surface area contributed by atoms with Gasteiger partial charge in [-0.2, -0.15) is 0 Å². The summed E-state index contributed by atoms with van der Waals surface area (Å²) in [6, 6.07) is 21.3. The first-order valence-corrected chi connectivity index (χ1v) is 8.28. The van der Waals surface area contributed by atoms with Crippen LogP contribution in [0.3, 0.4) is 0 Å². The molecule has 0 N–H and O–H groups in total. The van der Waals surface area contributed by atoms with Gasteiger partial charge in [0.05, 0.1) is 0 Å². The quantitative estimate of drug-likeness (QED) is 0.711. The highest BCUT2D eigenvalue weighted by Gasteiger charge is 2.15. The highest BCUT2D eigenvalue weighted by atomic mass is 15.1. The van der Waals surface area contributed by atoms with Crippen molar-refractivity contribution >= 4 is 5.57 Å². The standard InChI is InChI=1S/C22H23N/c1-2-3-14-22-16-15-21(20-12-8-5-9-13-20)18-23(22)17-19-10-6-4-7-11-19/h3-16H,2,17-18H2,1H3. The van der Waals surface area contributed by atoms with E-state index in [1.54, 1.807) is 0 Å². The zero-order chi connectivity index (χ0) is 15.9. The van der Waals surface area contributed by atoms with Gasteiger partial charge in [-0.3, -0.25) is 0 Å². The van der Waals surface area contributed by atoms with Crippen LogP contribution >= 0.6 is 0 Å². The van der Waals surface area contributed by atoms with E-state index < -0.39 is 0 Å². The summed E-state index contributed by atoms with van der Waals surface area (Å²) >= 11 is 0. The van der Waals surface area contributed by atoms with Crippen LogP contribution in [-0.2, 0) is 6.54 Å². The van der Waals surface area contributed by atoms with E-state index in [4.69, 9.17) is 0 Å². The van der Waals surface area contributed by atoms with Crippen LogP contribution in [0.4, 0.5) is 0 Å². The van der Waals surface area contributed by atoms with Gasteiger partial charge in [0.15, 0.2) is 0 Å². The fraction of sp³-hybridized carbons (Fsp3) is 0.182. The second kappa shape index (κ2) is 7.64. The second-order valence-corrected chi connectivity index (χ2v) is 5.80. The lowest BCUT2D eigenvalue weighted by atomic mass is 10.0. The number of allylic oxidation sites excluding steroid dienone is 4. The SMILES string of the molecule is CCC=CC1=CC=C(c2ccccc2)CN1Cc1ccccc1. The summed E-state index contributed by atoms with van der Waals surface area (Å²) in [7, 11) is 0. The van der Waals surface area contributed by atoms with Gasteiger partial charge in [0.25, 0.3) is 0 Å². The van der Waals surface area contributed by atoms with E-state index in [-0.39, 0.29) is 0 Å². The molecule has 1 heterocycles. The van der Waals surface area contributed by atoms with Gasteiger partial charge in [0.1, 0.15) is 0 Å². The summed E-state index contributed by atoms with van der Waals surface area (Å²) in [6.45, 7) is 4.05. The molecule has 0 atom stereocenters. The Kier molecular flexibility index (Phi) is 5.10. The molecule has 23 heavy (non-hydrogen) atoms. The molecule has 0 aromatic heterocycles. The summed E-state index contributed by atoms with van der Waals surface area (Å²) in [5, 5.41) is 0. The Labute approximate surface area is 139 Å². The van der Waals surface area contributed by atoms with E-state index in [1.165, 1.54) is 22.4 Å². The lowest BCUT2D eigenvalue weighted by Gasteiger charge is -2.30. The van der Waals surface area contributed by atoms with Crippen LogP contribution in [0.5, 0.6) is 0 Å². The predicted molar refractivity (Wildman–Crippen MR) is 98.8 cm³/mol. The van der Waals surface area contributed by atoms with Crippen LogP contribution in [0.2, 0.25) is 0 Å². The number of nitrogens with zero attached hydrogens (tertiary/aromatic N) is 1. The maximum Gasteiger partial charge on any atom is 0.0439 e. The Morgan fingerprint density at radius 1 is 0.913 bits per heavy atom. The largest absolute Gasteiger partial charge is 0.363 e. The van der Waals surface area contributed by atoms with Gasteiger partial charge in [0.2, 0.25) is 0 Å². The molecular formula is C22H23N. The topological polar surface area (TPSA) is 3.24 Å². The third kappa shape index (κ3) is 4.01. The molecule has 2 aromatic carbocycles. The van der Waals surface area contributed by atoms with Crippen molar-refractivity contribution in [3.63, 3.8) is 0 Å². The van der Waals surface area contributed by atoms with Crippen molar-refractivity contribution in [3.8, 4) is 0 Å². The first kappa shape index (κ1) is 15.4. The summed E-state index contributed by atoms with van der Waals surface area (Å²) in [6.07, 6.45) is 10.0. The van der Waals surface area contributed by atoms with E-state index in [9.17, 15) is 0 Å². The van der Waals surface area contributed by atoms with Crippen LogP contribution < -0.4 is 0 Å². The van der Waals surface area contributed by atoms with Gasteiger partial charge in [-0.1, -0.05) is 79.7 Å². The van der Waals surface area contributed by atoms with Crippen molar-refractivity contribution in [1.82, 2.24) is 4.90 Å². The zero-order valence-corrected chi connectivity index (χ0v) is 13.7. The Balaban J connectivity index is 1.86. The second-order valence-electron chi connectivity index (χ2n) is 5.80. The number of benzene rings is 2. The van der Waals surface area contributed by atoms with Crippen molar-refractivity contribution in [2.24, 2.45) is 0 Å². The molecule has 0 fully saturated rings. The molecule has 0 saturated carbocycles. The Morgan fingerprint density at radius 2 is 1.61 bits per heavy atom. The van der Waals surface area contributed by atoms with Gasteiger partial charge < -0.3 is 4.90 Å². The number of rotatable bonds is 5. The molecule has 1 nitrogen and oxygen atoms in total. The van der Waals surface area contributed by atoms with Crippen LogP contribution in [-0.4, -0.2) is 11.4 Å². The maximum absolute atomic E-state index is 2.45. The van der Waals surface area contributed by atoms with Crippen LogP contribution in [0, 0.1) is 0 Å². The molecule has 0 saturated heterocycles. The molecule has 0 spiro atoms. The number of hydrogen-bond acceptors (Lipinski definition) is 1. The average molecular weight is 301 g/mol. The summed E-state index contributed by atoms with van der Waals surface area (Å²) < 4.78 is 0. The molecule has 2 aromatic rings. The van der Waals surface area contributed by atoms with Crippen molar-refractivity contribution < 1.29 is 0 Å². The zero-order valence-electron chi connectivity index (χ0n) is 13.7. The molecule has 0 aliphatic carbocycles. The van der Waals surface area contributed by atoms with Gasteiger partial charge in [0, 0.05) is 18.8 Å². The lowest BCUT2D eigenvalue weighted by Crippen LogP contribution is -2.26. The summed E-state index contributed by atoms with van der Waals surface area (Å²) in [5.41, 5.74) is 5.31. The molecular weight excluding hydrogens is 278 g/mol. The first-order valence-electron chi connectivity index (χ1n) is 8.28. The van der Waals surface area contributed by atoms with Gasteiger partial charge in [-0.05, 0) is 35.3 Å². The molecule has 0 bridgehead atoms. The summed E-state index contributed by atoms with van der Waals surface area (Å²) in [4.78, 5) is 2.45. The van der Waals surface area contributed by atoms with Gasteiger partial charge in [-0.15, -0.1) is 0 Å². The Hall–Kier alpha value is -2.54. The molecule has 1 aliphatic heterocycles. The minimum atomic E-state index is 0.935. The van der Waals surface area contributed by atoms with Crippen LogP contribution in [0.25, 0.3) is 5.57 Å². The number of hydrogen-bond donors (Lipinski definition) is 0. The van der Waals surface area contributed by atoms with Gasteiger partial charge in [-0.25, -0.2) is 0 Å². The minimum Gasteiger partial charge on any atom is -0.363 e. The highest BCUT2D eigenvalue weighted by molar-refractivity contribution is 5.70. The molecule has 1 heteroatoms. The minimum absolute atomic E-state index is 0.935. The van der Waals surface area contributed by atoms with E-state index in [2.05, 4.69) is 96.8 Å².